The predicted molar refractivity (Wildman–Crippen MR) is 102 cm³/mol. The first kappa shape index (κ1) is 17.6. The molecule has 3 rings (SSSR count). The van der Waals surface area contributed by atoms with E-state index >= 15 is 0 Å². The maximum Gasteiger partial charge on any atom is 0.410 e. The van der Waals surface area contributed by atoms with Crippen LogP contribution in [0.5, 0.6) is 0 Å². The first-order valence-corrected chi connectivity index (χ1v) is 9.01. The number of hydrogen-bond acceptors (Lipinski definition) is 3. The lowest BCUT2D eigenvalue weighted by Gasteiger charge is -2.27. The van der Waals surface area contributed by atoms with Crippen LogP contribution in [0.4, 0.5) is 4.79 Å². The maximum atomic E-state index is 12.5. The van der Waals surface area contributed by atoms with E-state index in [0.29, 0.717) is 6.54 Å². The molecule has 1 atom stereocenters. The third-order valence-electron chi connectivity index (χ3n) is 4.47. The molecule has 1 fully saturated rings. The van der Waals surface area contributed by atoms with Crippen molar-refractivity contribution in [1.29, 1.82) is 0 Å². The number of likely N-dealkylation sites (tertiary alicyclic amines) is 1. The van der Waals surface area contributed by atoms with Crippen molar-refractivity contribution in [3.8, 4) is 11.3 Å². The fourth-order valence-corrected chi connectivity index (χ4v) is 3.16. The number of carbonyl (C=O) groups is 1. The van der Waals surface area contributed by atoms with Gasteiger partial charge in [-0.1, -0.05) is 36.6 Å². The fourth-order valence-electron chi connectivity index (χ4n) is 3.16. The van der Waals surface area contributed by atoms with Gasteiger partial charge in [0, 0.05) is 6.54 Å². The summed E-state index contributed by atoms with van der Waals surface area (Å²) in [6.45, 7) is 8.53. The number of ether oxygens (including phenoxy) is 1. The number of imidazole rings is 1. The van der Waals surface area contributed by atoms with Crippen LogP contribution >= 0.6 is 0 Å². The number of rotatable bonds is 3. The van der Waals surface area contributed by atoms with Gasteiger partial charge in [-0.25, -0.2) is 9.78 Å². The largest absolute Gasteiger partial charge is 0.444 e. The molecule has 2 heterocycles. The topological polar surface area (TPSA) is 58.2 Å². The van der Waals surface area contributed by atoms with Gasteiger partial charge in [-0.2, -0.15) is 0 Å². The minimum atomic E-state index is -0.487. The molecule has 2 aromatic rings. The molecule has 1 aromatic carbocycles. The normalized spacial score (nSPS) is 17.6. The monoisotopic (exact) mass is 339 g/mol. The highest BCUT2D eigenvalue weighted by atomic mass is 16.6. The summed E-state index contributed by atoms with van der Waals surface area (Å²) in [5, 5.41) is 0. The van der Waals surface area contributed by atoms with Crippen molar-refractivity contribution in [3.05, 3.63) is 36.3 Å². The summed E-state index contributed by atoms with van der Waals surface area (Å²) in [5.74, 6) is 0.831. The lowest BCUT2D eigenvalue weighted by atomic mass is 9.73. The van der Waals surface area contributed by atoms with Gasteiger partial charge >= 0.3 is 6.09 Å². The molecule has 0 aliphatic carbocycles. The Labute approximate surface area is 150 Å². The SMILES string of the molecule is CBc1ccc(-c2cnc([C@@H]3CCCN3C(=O)OC(C)(C)C)[nH]2)cc1. The summed E-state index contributed by atoms with van der Waals surface area (Å²) in [6, 6.07) is 8.45. The van der Waals surface area contributed by atoms with E-state index in [9.17, 15) is 4.79 Å². The highest BCUT2D eigenvalue weighted by molar-refractivity contribution is 6.51. The number of aromatic amines is 1. The highest BCUT2D eigenvalue weighted by Gasteiger charge is 2.34. The molecule has 1 N–H and O–H groups in total. The van der Waals surface area contributed by atoms with E-state index in [1.807, 2.05) is 27.0 Å². The number of hydrogen-bond donors (Lipinski definition) is 1. The number of amides is 1. The second-order valence-electron chi connectivity index (χ2n) is 7.56. The van der Waals surface area contributed by atoms with Crippen LogP contribution in [0.15, 0.2) is 30.5 Å². The minimum Gasteiger partial charge on any atom is -0.444 e. The fraction of sp³-hybridized carbons (Fsp3) is 0.474. The van der Waals surface area contributed by atoms with Crippen molar-refractivity contribution in [2.45, 2.75) is 52.1 Å². The Kier molecular flexibility index (Phi) is 4.88. The zero-order valence-electron chi connectivity index (χ0n) is 15.5. The standard InChI is InChI=1S/C19H26BN3O2/c1-19(2,3)25-18(24)23-11-5-6-16(23)17-21-12-15(22-17)13-7-9-14(20-4)10-8-13/h7-10,12,16,20H,5-6,11H2,1-4H3,(H,21,22)/t16-/m0/s1. The number of benzene rings is 1. The van der Waals surface area contributed by atoms with Crippen LogP contribution in [-0.4, -0.2) is 40.4 Å². The first-order valence-electron chi connectivity index (χ1n) is 9.01. The quantitative estimate of drug-likeness (QED) is 0.874. The summed E-state index contributed by atoms with van der Waals surface area (Å²) in [5.41, 5.74) is 2.92. The average molecular weight is 339 g/mol. The third kappa shape index (κ3) is 4.06. The molecule has 1 aromatic heterocycles. The average Bonchev–Trinajstić information content (AvgIpc) is 3.22. The third-order valence-corrected chi connectivity index (χ3v) is 4.47. The molecule has 1 amide bonds. The number of carbonyl (C=O) groups excluding carboxylic acids is 1. The van der Waals surface area contributed by atoms with Crippen LogP contribution in [0.1, 0.15) is 45.5 Å². The Morgan fingerprint density at radius 1 is 1.32 bits per heavy atom. The van der Waals surface area contributed by atoms with Crippen LogP contribution in [-0.2, 0) is 4.74 Å². The van der Waals surface area contributed by atoms with Crippen LogP contribution in [0.2, 0.25) is 6.82 Å². The highest BCUT2D eigenvalue weighted by Crippen LogP contribution is 2.32. The van der Waals surface area contributed by atoms with Crippen molar-refractivity contribution in [2.75, 3.05) is 6.54 Å². The summed E-state index contributed by atoms with van der Waals surface area (Å²) < 4.78 is 5.54. The van der Waals surface area contributed by atoms with Crippen molar-refractivity contribution >= 4 is 18.8 Å². The van der Waals surface area contributed by atoms with E-state index in [1.54, 1.807) is 4.90 Å². The van der Waals surface area contributed by atoms with Gasteiger partial charge in [0.05, 0.1) is 17.9 Å². The van der Waals surface area contributed by atoms with Crippen LogP contribution < -0.4 is 5.46 Å². The lowest BCUT2D eigenvalue weighted by molar-refractivity contribution is 0.0219. The number of nitrogens with one attached hydrogen (secondary N) is 1. The van der Waals surface area contributed by atoms with Gasteiger partial charge < -0.3 is 9.72 Å². The van der Waals surface area contributed by atoms with Crippen molar-refractivity contribution in [3.63, 3.8) is 0 Å². The molecular formula is C19H26BN3O2. The Bertz CT molecular complexity index is 734. The minimum absolute atomic E-state index is 0.0430. The molecule has 0 radical (unpaired) electrons. The van der Waals surface area contributed by atoms with Gasteiger partial charge in [-0.05, 0) is 39.2 Å². The molecule has 0 bridgehead atoms. The van der Waals surface area contributed by atoms with E-state index in [2.05, 4.69) is 41.1 Å². The van der Waals surface area contributed by atoms with E-state index in [1.165, 1.54) is 5.46 Å². The van der Waals surface area contributed by atoms with E-state index in [0.717, 1.165) is 37.2 Å². The second kappa shape index (κ2) is 6.94. The van der Waals surface area contributed by atoms with Crippen LogP contribution in [0.25, 0.3) is 11.3 Å². The van der Waals surface area contributed by atoms with Gasteiger partial charge in [0.15, 0.2) is 7.28 Å². The van der Waals surface area contributed by atoms with Crippen molar-refractivity contribution in [2.24, 2.45) is 0 Å². The van der Waals surface area contributed by atoms with Gasteiger partial charge in [0.1, 0.15) is 11.4 Å². The van der Waals surface area contributed by atoms with E-state index in [-0.39, 0.29) is 12.1 Å². The van der Waals surface area contributed by atoms with Gasteiger partial charge in [-0.15, -0.1) is 0 Å². The first-order chi connectivity index (χ1) is 11.9. The van der Waals surface area contributed by atoms with Crippen LogP contribution in [0.3, 0.4) is 0 Å². The van der Waals surface area contributed by atoms with Crippen molar-refractivity contribution in [1.82, 2.24) is 14.9 Å². The van der Waals surface area contributed by atoms with E-state index < -0.39 is 5.60 Å². The predicted octanol–water partition coefficient (Wildman–Crippen LogP) is 3.26. The molecule has 0 saturated carbocycles. The Hall–Kier alpha value is -2.24. The number of H-pyrrole nitrogens is 1. The summed E-state index contributed by atoms with van der Waals surface area (Å²) in [4.78, 5) is 22.2. The molecule has 1 aliphatic rings. The van der Waals surface area contributed by atoms with Crippen molar-refractivity contribution < 1.29 is 9.53 Å². The smallest absolute Gasteiger partial charge is 0.410 e. The second-order valence-corrected chi connectivity index (χ2v) is 7.56. The maximum absolute atomic E-state index is 12.5. The van der Waals surface area contributed by atoms with Gasteiger partial charge in [0.2, 0.25) is 0 Å². The molecular weight excluding hydrogens is 313 g/mol. The molecule has 0 unspecified atom stereocenters. The van der Waals surface area contributed by atoms with Gasteiger partial charge in [0.25, 0.3) is 0 Å². The Morgan fingerprint density at radius 3 is 2.68 bits per heavy atom. The molecule has 132 valence electrons. The number of nitrogens with zero attached hydrogens (tertiary/aromatic N) is 2. The van der Waals surface area contributed by atoms with Crippen LogP contribution in [0, 0.1) is 0 Å². The summed E-state index contributed by atoms with van der Waals surface area (Å²) in [6.07, 6.45) is 3.45. The van der Waals surface area contributed by atoms with Gasteiger partial charge in [-0.3, -0.25) is 4.90 Å². The summed E-state index contributed by atoms with van der Waals surface area (Å²) in [7, 11) is 1.03. The summed E-state index contributed by atoms with van der Waals surface area (Å²) >= 11 is 0. The molecule has 1 saturated heterocycles. The number of aromatic nitrogens is 2. The Balaban J connectivity index is 1.77. The molecule has 6 heteroatoms. The Morgan fingerprint density at radius 2 is 2.04 bits per heavy atom. The molecule has 0 spiro atoms. The zero-order chi connectivity index (χ0) is 18.0. The lowest BCUT2D eigenvalue weighted by Crippen LogP contribution is -2.36. The zero-order valence-corrected chi connectivity index (χ0v) is 15.5. The molecule has 5 nitrogen and oxygen atoms in total. The molecule has 1 aliphatic heterocycles. The van der Waals surface area contributed by atoms with E-state index in [4.69, 9.17) is 4.74 Å². The molecule has 25 heavy (non-hydrogen) atoms.